The van der Waals surface area contributed by atoms with Crippen LogP contribution in [0.2, 0.25) is 0 Å². The lowest BCUT2D eigenvalue weighted by molar-refractivity contribution is 0.387. The second-order valence-corrected chi connectivity index (χ2v) is 6.48. The van der Waals surface area contributed by atoms with Gasteiger partial charge in [0.2, 0.25) is 0 Å². The average molecular weight is 373 g/mol. The van der Waals surface area contributed by atoms with Gasteiger partial charge in [-0.05, 0) is 24.3 Å². The van der Waals surface area contributed by atoms with Crippen molar-refractivity contribution < 1.29 is 30.1 Å². The van der Waals surface area contributed by atoms with E-state index in [4.69, 9.17) is 9.11 Å². The molecule has 2 rings (SSSR count). The van der Waals surface area contributed by atoms with E-state index in [9.17, 15) is 16.8 Å². The molecule has 0 fully saturated rings. The van der Waals surface area contributed by atoms with Crippen molar-refractivity contribution in [2.24, 2.45) is 10.2 Å². The highest BCUT2D eigenvalue weighted by Crippen LogP contribution is 2.32. The molecule has 128 valence electrons. The summed E-state index contributed by atoms with van der Waals surface area (Å²) in [5.41, 5.74) is 0.210. The van der Waals surface area contributed by atoms with Crippen LogP contribution in [0, 0.1) is 0 Å². The van der Waals surface area contributed by atoms with Gasteiger partial charge in [-0.3, -0.25) is 13.8 Å². The molecule has 0 unspecified atom stereocenters. The predicted octanol–water partition coefficient (Wildman–Crippen LogP) is 2.50. The van der Waals surface area contributed by atoms with E-state index in [0.717, 1.165) is 12.1 Å². The quantitative estimate of drug-likeness (QED) is 0.519. The first kappa shape index (κ1) is 17.8. The van der Waals surface area contributed by atoms with Crippen LogP contribution in [0.4, 0.5) is 17.1 Å². The predicted molar refractivity (Wildman–Crippen MR) is 84.4 cm³/mol. The van der Waals surface area contributed by atoms with Crippen molar-refractivity contribution in [3.63, 3.8) is 0 Å². The van der Waals surface area contributed by atoms with Crippen molar-refractivity contribution in [1.29, 1.82) is 0 Å². The summed E-state index contributed by atoms with van der Waals surface area (Å²) in [4.78, 5) is 0. The minimum absolute atomic E-state index is 0.110. The van der Waals surface area contributed by atoms with Crippen molar-refractivity contribution >= 4 is 37.8 Å². The van der Waals surface area contributed by atoms with Crippen LogP contribution >= 0.6 is 0 Å². The maximum Gasteiger partial charge on any atom is 0.446 e. The van der Waals surface area contributed by atoms with Crippen molar-refractivity contribution in [3.05, 3.63) is 48.5 Å². The van der Waals surface area contributed by atoms with Gasteiger partial charge in [-0.2, -0.15) is 27.1 Å². The fourth-order valence-corrected chi connectivity index (χ4v) is 2.40. The van der Waals surface area contributed by atoms with Gasteiger partial charge in [0, 0.05) is 6.07 Å². The summed E-state index contributed by atoms with van der Waals surface area (Å²) in [6.45, 7) is 0. The third kappa shape index (κ3) is 5.92. The van der Waals surface area contributed by atoms with Crippen molar-refractivity contribution in [2.75, 3.05) is 4.72 Å². The smallest absolute Gasteiger partial charge is 0.359 e. The maximum absolute atomic E-state index is 10.8. The first-order valence-corrected chi connectivity index (χ1v) is 8.96. The Morgan fingerprint density at radius 3 is 2.08 bits per heavy atom. The van der Waals surface area contributed by atoms with Crippen LogP contribution < -0.4 is 8.91 Å². The Morgan fingerprint density at radius 2 is 1.50 bits per heavy atom. The maximum atomic E-state index is 10.8. The van der Waals surface area contributed by atoms with Crippen molar-refractivity contribution in [2.45, 2.75) is 0 Å². The molecule has 0 saturated heterocycles. The number of benzene rings is 2. The van der Waals surface area contributed by atoms with Crippen LogP contribution in [-0.2, 0) is 20.7 Å². The van der Waals surface area contributed by atoms with Crippen molar-refractivity contribution in [3.8, 4) is 5.75 Å². The van der Waals surface area contributed by atoms with Gasteiger partial charge in [0.25, 0.3) is 0 Å². The summed E-state index contributed by atoms with van der Waals surface area (Å²) >= 11 is 0. The van der Waals surface area contributed by atoms with Crippen LogP contribution in [0.3, 0.4) is 0 Å². The summed E-state index contributed by atoms with van der Waals surface area (Å²) in [6, 6.07) is 12.0. The summed E-state index contributed by atoms with van der Waals surface area (Å²) in [7, 11) is -9.61. The second kappa shape index (κ2) is 6.92. The monoisotopic (exact) mass is 373 g/mol. The highest BCUT2D eigenvalue weighted by atomic mass is 32.3. The van der Waals surface area contributed by atoms with Crippen LogP contribution in [0.1, 0.15) is 0 Å². The minimum Gasteiger partial charge on any atom is -0.359 e. The van der Waals surface area contributed by atoms with Gasteiger partial charge in [-0.15, -0.1) is 0 Å². The largest absolute Gasteiger partial charge is 0.446 e. The SMILES string of the molecule is O=S(=O)(O)Nc1ccc(N=Nc2ccccc2)cc1OS(=O)(=O)O. The zero-order valence-electron chi connectivity index (χ0n) is 11.8. The van der Waals surface area contributed by atoms with Gasteiger partial charge in [-0.1, -0.05) is 18.2 Å². The molecule has 0 radical (unpaired) electrons. The standard InChI is InChI=1S/C12H11N3O7S2/c16-23(17,18)15-11-7-6-10(8-12(11)22-24(19,20)21)14-13-9-4-2-1-3-5-9/h1-8,15H,(H,16,17,18)(H,19,20,21). The topological polar surface area (TPSA) is 155 Å². The number of anilines is 1. The summed E-state index contributed by atoms with van der Waals surface area (Å²) in [5.74, 6) is -0.598. The molecule has 3 N–H and O–H groups in total. The van der Waals surface area contributed by atoms with Crippen LogP contribution in [0.15, 0.2) is 58.8 Å². The molecule has 0 amide bonds. The molecule has 2 aromatic rings. The first-order valence-electron chi connectivity index (χ1n) is 6.15. The average Bonchev–Trinajstić information content (AvgIpc) is 2.46. The minimum atomic E-state index is -4.93. The molecule has 0 saturated carbocycles. The molecule has 0 aliphatic heterocycles. The molecule has 24 heavy (non-hydrogen) atoms. The molecule has 2 aromatic carbocycles. The summed E-state index contributed by atoms with van der Waals surface area (Å²) in [6.07, 6.45) is 0. The van der Waals surface area contributed by atoms with Crippen LogP contribution in [0.5, 0.6) is 5.75 Å². The van der Waals surface area contributed by atoms with Crippen LogP contribution in [-0.4, -0.2) is 25.9 Å². The van der Waals surface area contributed by atoms with Crippen LogP contribution in [0.25, 0.3) is 0 Å². The fourth-order valence-electron chi connectivity index (χ4n) is 1.59. The Bertz CT molecular complexity index is 957. The Hall–Kier alpha value is -2.54. The molecule has 0 heterocycles. The molecule has 0 spiro atoms. The van der Waals surface area contributed by atoms with Gasteiger partial charge < -0.3 is 4.18 Å². The third-order valence-electron chi connectivity index (χ3n) is 2.44. The molecular formula is C12H11N3O7S2. The zero-order chi connectivity index (χ0) is 17.8. The molecule has 0 aromatic heterocycles. The lowest BCUT2D eigenvalue weighted by Gasteiger charge is -2.09. The third-order valence-corrected chi connectivity index (χ3v) is 3.30. The Balaban J connectivity index is 2.38. The number of rotatable bonds is 6. The van der Waals surface area contributed by atoms with E-state index < -0.39 is 32.1 Å². The molecular weight excluding hydrogens is 362 g/mol. The number of nitrogens with one attached hydrogen (secondary N) is 1. The molecule has 0 aliphatic carbocycles. The number of nitrogens with zero attached hydrogens (tertiary/aromatic N) is 2. The van der Waals surface area contributed by atoms with Gasteiger partial charge in [-0.25, -0.2) is 0 Å². The fraction of sp³-hybridized carbons (Fsp3) is 0. The number of azo groups is 1. The lowest BCUT2D eigenvalue weighted by atomic mass is 10.2. The van der Waals surface area contributed by atoms with E-state index in [0.29, 0.717) is 5.69 Å². The van der Waals surface area contributed by atoms with E-state index in [2.05, 4.69) is 14.4 Å². The number of hydrogen-bond donors (Lipinski definition) is 3. The van der Waals surface area contributed by atoms with Gasteiger partial charge in [0.1, 0.15) is 0 Å². The highest BCUT2D eigenvalue weighted by molar-refractivity contribution is 7.87. The van der Waals surface area contributed by atoms with Gasteiger partial charge in [0.05, 0.1) is 17.1 Å². The Morgan fingerprint density at radius 1 is 0.875 bits per heavy atom. The molecule has 0 aliphatic rings. The molecule has 0 bridgehead atoms. The Labute approximate surface area is 137 Å². The van der Waals surface area contributed by atoms with Gasteiger partial charge in [0.15, 0.2) is 5.75 Å². The zero-order valence-corrected chi connectivity index (χ0v) is 13.4. The highest BCUT2D eigenvalue weighted by Gasteiger charge is 2.16. The second-order valence-electron chi connectivity index (χ2n) is 4.30. The van der Waals surface area contributed by atoms with E-state index in [-0.39, 0.29) is 5.69 Å². The van der Waals surface area contributed by atoms with E-state index in [1.54, 1.807) is 35.1 Å². The Kier molecular flexibility index (Phi) is 5.14. The number of hydrogen-bond acceptors (Lipinski definition) is 7. The molecule has 0 atom stereocenters. The van der Waals surface area contributed by atoms with E-state index in [1.807, 2.05) is 0 Å². The summed E-state index contributed by atoms with van der Waals surface area (Å²) in [5, 5.41) is 7.72. The molecule has 12 heteroatoms. The van der Waals surface area contributed by atoms with Gasteiger partial charge >= 0.3 is 20.7 Å². The van der Waals surface area contributed by atoms with E-state index in [1.165, 1.54) is 6.07 Å². The normalized spacial score (nSPS) is 12.2. The van der Waals surface area contributed by atoms with Crippen molar-refractivity contribution in [1.82, 2.24) is 0 Å². The first-order chi connectivity index (χ1) is 11.1. The molecule has 10 nitrogen and oxygen atoms in total. The lowest BCUT2D eigenvalue weighted by Crippen LogP contribution is -2.13. The van der Waals surface area contributed by atoms with E-state index >= 15 is 0 Å². The summed E-state index contributed by atoms with van der Waals surface area (Å²) < 4.78 is 66.8.